The van der Waals surface area contributed by atoms with E-state index < -0.39 is 0 Å². The molecule has 0 fully saturated rings. The number of thioether (sulfide) groups is 1. The average Bonchev–Trinajstić information content (AvgIpc) is 3.00. The number of nitrogens with zero attached hydrogens (tertiary/aromatic N) is 2. The van der Waals surface area contributed by atoms with Crippen LogP contribution in [-0.2, 0) is 4.79 Å². The number of aryl methyl sites for hydroxylation is 1. The third-order valence-corrected chi connectivity index (χ3v) is 6.33. The van der Waals surface area contributed by atoms with Crippen molar-refractivity contribution in [1.82, 2.24) is 0 Å². The summed E-state index contributed by atoms with van der Waals surface area (Å²) in [6.45, 7) is 4.05. The van der Waals surface area contributed by atoms with E-state index in [9.17, 15) is 4.79 Å². The van der Waals surface area contributed by atoms with E-state index >= 15 is 0 Å². The number of ether oxygens (including phenoxy) is 1. The average molecular weight is 444 g/mol. The fraction of sp³-hybridized carbons (Fsp3) is 0.192. The summed E-state index contributed by atoms with van der Waals surface area (Å²) >= 11 is 1.45. The number of hydrogen-bond donors (Lipinski definition) is 1. The minimum Gasteiger partial charge on any atom is -0.497 e. The Kier molecular flexibility index (Phi) is 6.71. The molecular weight excluding hydrogens is 418 g/mol. The second-order valence-electron chi connectivity index (χ2n) is 7.55. The van der Waals surface area contributed by atoms with Gasteiger partial charge in [-0.05, 0) is 55.3 Å². The number of rotatable bonds is 5. The minimum atomic E-state index is -0.0520. The number of anilines is 1. The number of nitrogens with one attached hydrogen (secondary N) is 1. The van der Waals surface area contributed by atoms with E-state index in [-0.39, 0.29) is 11.7 Å². The first-order valence-electron chi connectivity index (χ1n) is 10.4. The van der Waals surface area contributed by atoms with E-state index in [0.29, 0.717) is 6.42 Å². The van der Waals surface area contributed by atoms with Crippen molar-refractivity contribution in [3.63, 3.8) is 0 Å². The summed E-state index contributed by atoms with van der Waals surface area (Å²) in [5, 5.41) is 3.88. The predicted octanol–water partition coefficient (Wildman–Crippen LogP) is 6.24. The lowest BCUT2D eigenvalue weighted by Crippen LogP contribution is -2.17. The largest absolute Gasteiger partial charge is 0.497 e. The number of benzene rings is 3. The van der Waals surface area contributed by atoms with Crippen LogP contribution < -0.4 is 10.1 Å². The van der Waals surface area contributed by atoms with Crippen LogP contribution in [0.2, 0.25) is 0 Å². The van der Waals surface area contributed by atoms with Crippen molar-refractivity contribution in [1.29, 1.82) is 0 Å². The van der Waals surface area contributed by atoms with E-state index in [4.69, 9.17) is 14.7 Å². The summed E-state index contributed by atoms with van der Waals surface area (Å²) in [4.78, 5) is 22.4. The van der Waals surface area contributed by atoms with Gasteiger partial charge in [0.1, 0.15) is 5.75 Å². The van der Waals surface area contributed by atoms with Gasteiger partial charge < -0.3 is 10.1 Å². The normalized spacial score (nSPS) is 12.8. The van der Waals surface area contributed by atoms with Crippen molar-refractivity contribution in [3.8, 4) is 5.75 Å². The first kappa shape index (κ1) is 21.8. The summed E-state index contributed by atoms with van der Waals surface area (Å²) in [5.74, 6) is 1.00. The van der Waals surface area contributed by atoms with Crippen molar-refractivity contribution in [3.05, 3.63) is 83.4 Å². The molecule has 0 aliphatic carbocycles. The third kappa shape index (κ3) is 5.08. The van der Waals surface area contributed by atoms with Crippen molar-refractivity contribution < 1.29 is 9.53 Å². The Labute approximate surface area is 192 Å². The smallest absolute Gasteiger partial charge is 0.234 e. The molecule has 6 heteroatoms. The van der Waals surface area contributed by atoms with Crippen LogP contribution in [0.3, 0.4) is 0 Å². The molecule has 0 bridgehead atoms. The van der Waals surface area contributed by atoms with Gasteiger partial charge in [0.2, 0.25) is 5.91 Å². The van der Waals surface area contributed by atoms with E-state index in [1.165, 1.54) is 11.8 Å². The van der Waals surface area contributed by atoms with Crippen LogP contribution in [0.25, 0.3) is 0 Å². The highest BCUT2D eigenvalue weighted by molar-refractivity contribution is 8.14. The topological polar surface area (TPSA) is 63.1 Å². The summed E-state index contributed by atoms with van der Waals surface area (Å²) < 4.78 is 5.38. The Morgan fingerprint density at radius 1 is 1.00 bits per heavy atom. The molecule has 0 saturated carbocycles. The molecule has 1 aliphatic heterocycles. The number of carbonyl (C=O) groups is 1. The highest BCUT2D eigenvalue weighted by atomic mass is 32.2. The molecule has 0 unspecified atom stereocenters. The van der Waals surface area contributed by atoms with E-state index in [1.54, 1.807) is 7.11 Å². The third-order valence-electron chi connectivity index (χ3n) is 5.35. The van der Waals surface area contributed by atoms with Gasteiger partial charge in [0.25, 0.3) is 0 Å². The van der Waals surface area contributed by atoms with Gasteiger partial charge in [-0.25, -0.2) is 4.99 Å². The van der Waals surface area contributed by atoms with Crippen LogP contribution in [0.4, 0.5) is 17.1 Å². The molecule has 1 N–H and O–H groups in total. The van der Waals surface area contributed by atoms with Gasteiger partial charge in [0.15, 0.2) is 0 Å². The van der Waals surface area contributed by atoms with Gasteiger partial charge in [0, 0.05) is 17.7 Å². The first-order valence-corrected chi connectivity index (χ1v) is 11.4. The highest BCUT2D eigenvalue weighted by Gasteiger charge is 2.17. The van der Waals surface area contributed by atoms with Crippen LogP contribution in [0.5, 0.6) is 5.75 Å². The van der Waals surface area contributed by atoms with E-state index in [2.05, 4.69) is 5.32 Å². The van der Waals surface area contributed by atoms with Crippen molar-refractivity contribution in [2.75, 3.05) is 18.2 Å². The zero-order valence-corrected chi connectivity index (χ0v) is 19.2. The first-order chi connectivity index (χ1) is 15.5. The SMILES string of the molecule is COc1cccc(C2=Nc3ccccc3N=C(SCC(=O)Nc3cccc(C)c3C)C2)c1. The molecule has 5 nitrogen and oxygen atoms in total. The van der Waals surface area contributed by atoms with Crippen molar-refractivity contribution in [2.24, 2.45) is 9.98 Å². The van der Waals surface area contributed by atoms with Gasteiger partial charge in [-0.2, -0.15) is 0 Å². The number of carbonyl (C=O) groups excluding carboxylic acids is 1. The Hall–Kier alpha value is -3.38. The molecule has 0 saturated heterocycles. The number of aliphatic imine (C=N–C) groups is 2. The van der Waals surface area contributed by atoms with Crippen LogP contribution >= 0.6 is 11.8 Å². The number of para-hydroxylation sites is 2. The highest BCUT2D eigenvalue weighted by Crippen LogP contribution is 2.33. The molecule has 1 aliphatic rings. The Balaban J connectivity index is 1.54. The fourth-order valence-corrected chi connectivity index (χ4v) is 4.20. The predicted molar refractivity (Wildman–Crippen MR) is 134 cm³/mol. The van der Waals surface area contributed by atoms with Crippen LogP contribution in [0.1, 0.15) is 23.1 Å². The molecular formula is C26H25N3O2S. The van der Waals surface area contributed by atoms with Gasteiger partial charge in [-0.1, -0.05) is 36.4 Å². The quantitative estimate of drug-likeness (QED) is 0.508. The molecule has 0 atom stereocenters. The molecule has 0 spiro atoms. The van der Waals surface area contributed by atoms with Crippen molar-refractivity contribution >= 4 is 45.5 Å². The van der Waals surface area contributed by atoms with Crippen LogP contribution in [-0.4, -0.2) is 29.5 Å². The van der Waals surface area contributed by atoms with Crippen LogP contribution in [0.15, 0.2) is 76.7 Å². The van der Waals surface area contributed by atoms with Gasteiger partial charge >= 0.3 is 0 Å². The van der Waals surface area contributed by atoms with Gasteiger partial charge in [0.05, 0.1) is 35.0 Å². The summed E-state index contributed by atoms with van der Waals surface area (Å²) in [5.41, 5.74) is 6.59. The van der Waals surface area contributed by atoms with Crippen LogP contribution in [0, 0.1) is 13.8 Å². The van der Waals surface area contributed by atoms with Crippen molar-refractivity contribution in [2.45, 2.75) is 20.3 Å². The lowest BCUT2D eigenvalue weighted by Gasteiger charge is -2.11. The minimum absolute atomic E-state index is 0.0520. The van der Waals surface area contributed by atoms with Gasteiger partial charge in [-0.15, -0.1) is 11.8 Å². The molecule has 3 aromatic carbocycles. The van der Waals surface area contributed by atoms with Gasteiger partial charge in [-0.3, -0.25) is 9.79 Å². The Morgan fingerprint density at radius 3 is 2.53 bits per heavy atom. The van der Waals surface area contributed by atoms with E-state index in [0.717, 1.165) is 50.3 Å². The second kappa shape index (κ2) is 9.83. The number of methoxy groups -OCH3 is 1. The molecule has 32 heavy (non-hydrogen) atoms. The summed E-state index contributed by atoms with van der Waals surface area (Å²) in [6.07, 6.45) is 0.545. The summed E-state index contributed by atoms with van der Waals surface area (Å²) in [6, 6.07) is 21.6. The molecule has 1 amide bonds. The standard InChI is InChI=1S/C26H25N3O2S/c1-17-8-6-13-21(18(17)2)28-25(30)16-32-26-15-24(19-9-7-10-20(14-19)31-3)27-22-11-4-5-12-23(22)29-26/h4-14H,15-16H2,1-3H3,(H,28,30). The molecule has 4 rings (SSSR count). The zero-order chi connectivity index (χ0) is 22.5. The Bertz CT molecular complexity index is 1220. The maximum atomic E-state index is 12.7. The monoisotopic (exact) mass is 443 g/mol. The number of hydrogen-bond acceptors (Lipinski definition) is 5. The lowest BCUT2D eigenvalue weighted by molar-refractivity contribution is -0.113. The second-order valence-corrected chi connectivity index (χ2v) is 8.59. The number of fused-ring (bicyclic) bond motifs is 1. The lowest BCUT2D eigenvalue weighted by atomic mass is 10.1. The fourth-order valence-electron chi connectivity index (χ4n) is 3.43. The molecule has 162 valence electrons. The number of amides is 1. The maximum absolute atomic E-state index is 12.7. The maximum Gasteiger partial charge on any atom is 0.234 e. The molecule has 0 aromatic heterocycles. The molecule has 0 radical (unpaired) electrons. The van der Waals surface area contributed by atoms with E-state index in [1.807, 2.05) is 80.6 Å². The molecule has 3 aromatic rings. The zero-order valence-electron chi connectivity index (χ0n) is 18.4. The molecule has 1 heterocycles. The Morgan fingerprint density at radius 2 is 1.75 bits per heavy atom. The summed E-state index contributed by atoms with van der Waals surface area (Å²) in [7, 11) is 1.65.